The Labute approximate surface area is 440 Å². The molecular formula is C47H62N18O8S2. The molecule has 0 spiro atoms. The SMILES string of the molecule is Cc1nc(NC=O)sc1C(=O)Nc1cn(CCCCCn2cc(NC(=O)c3sc(NC=O)nc3C)nc2C(=O)Nc2cc(C(=O)NCCCN(C)C)n(C)c2)c(C(=O)Nc2cc(C(=O)NCCCN(C)C)n(C)c2)n1. The number of imidazole rings is 2. The quantitative estimate of drug-likeness (QED) is 0.0257. The van der Waals surface area contributed by atoms with Crippen molar-refractivity contribution in [2.24, 2.45) is 14.1 Å². The maximum atomic E-state index is 14.0. The number of aryl methyl sites for hydroxylation is 6. The molecule has 0 bridgehead atoms. The highest BCUT2D eigenvalue weighted by molar-refractivity contribution is 7.18. The molecule has 400 valence electrons. The molecule has 26 nitrogen and oxygen atoms in total. The van der Waals surface area contributed by atoms with Gasteiger partial charge in [-0.05, 0) is 99.4 Å². The lowest BCUT2D eigenvalue weighted by molar-refractivity contribution is -0.106. The van der Waals surface area contributed by atoms with Gasteiger partial charge in [-0.2, -0.15) is 0 Å². The summed E-state index contributed by atoms with van der Waals surface area (Å²) in [5, 5.41) is 22.3. The second-order valence-electron chi connectivity index (χ2n) is 17.8. The third-order valence-corrected chi connectivity index (χ3v) is 13.4. The molecule has 28 heteroatoms. The minimum atomic E-state index is -0.606. The van der Waals surface area contributed by atoms with Crippen LogP contribution < -0.4 is 42.5 Å². The first-order valence-electron chi connectivity index (χ1n) is 23.8. The molecule has 0 atom stereocenters. The van der Waals surface area contributed by atoms with Gasteiger partial charge in [0.15, 0.2) is 21.9 Å². The average molecular weight is 1070 g/mol. The van der Waals surface area contributed by atoms with Gasteiger partial charge in [0.25, 0.3) is 35.4 Å². The van der Waals surface area contributed by atoms with Crippen molar-refractivity contribution >= 4 is 104 Å². The molecule has 0 fully saturated rings. The standard InChI is InChI=1S/C47H62N18O8S2/c1-28-36(74-46(52-28)50-26-66)42(70)58-34-24-64(38(56-34)44(72)54-30-20-32(62(7)22-30)40(68)48-14-12-16-60(3)4)18-10-9-11-19-65-25-35(59-43(71)37-29(2)53-47(75-37)51-27-67)57-39(65)45(73)55-31-21-33(63(8)23-31)41(69)49-15-13-17-61(5)6/h20-27H,9-19H2,1-8H3,(H,48,68)(H,49,69)(H,54,72)(H,55,73)(H,58,70)(H,59,71)(H,50,52,66)(H,51,53,67). The first-order chi connectivity index (χ1) is 35.8. The van der Waals surface area contributed by atoms with Crippen LogP contribution in [0.4, 0.5) is 33.3 Å². The van der Waals surface area contributed by atoms with Crippen molar-refractivity contribution in [3.63, 3.8) is 0 Å². The Balaban J connectivity index is 1.17. The van der Waals surface area contributed by atoms with E-state index in [4.69, 9.17) is 0 Å². The monoisotopic (exact) mass is 1070 g/mol. The van der Waals surface area contributed by atoms with E-state index in [2.05, 4.69) is 62.5 Å². The van der Waals surface area contributed by atoms with E-state index in [0.29, 0.717) is 79.3 Å². The Morgan fingerprint density at radius 2 is 0.933 bits per heavy atom. The van der Waals surface area contributed by atoms with Gasteiger partial charge in [-0.25, -0.2) is 19.9 Å². The number of anilines is 6. The van der Waals surface area contributed by atoms with Crippen LogP contribution in [0, 0.1) is 13.8 Å². The number of amides is 8. The number of hydrogen-bond donors (Lipinski definition) is 8. The summed E-state index contributed by atoms with van der Waals surface area (Å²) in [5.74, 6) is -2.82. The molecule has 0 saturated heterocycles. The molecule has 0 aromatic carbocycles. The Morgan fingerprint density at radius 1 is 0.533 bits per heavy atom. The largest absolute Gasteiger partial charge is 0.351 e. The van der Waals surface area contributed by atoms with Crippen molar-refractivity contribution in [1.29, 1.82) is 0 Å². The summed E-state index contributed by atoms with van der Waals surface area (Å²) in [5.41, 5.74) is 2.12. The maximum absolute atomic E-state index is 14.0. The van der Waals surface area contributed by atoms with Crippen molar-refractivity contribution in [3.8, 4) is 0 Å². The average Bonchev–Trinajstić information content (AvgIpc) is 4.22. The first kappa shape index (κ1) is 56.2. The van der Waals surface area contributed by atoms with Crippen molar-refractivity contribution in [2.75, 3.05) is 86.3 Å². The van der Waals surface area contributed by atoms with Crippen LogP contribution in [0.3, 0.4) is 0 Å². The molecule has 75 heavy (non-hydrogen) atoms. The predicted molar refractivity (Wildman–Crippen MR) is 285 cm³/mol. The zero-order valence-electron chi connectivity index (χ0n) is 43.0. The van der Waals surface area contributed by atoms with Gasteiger partial charge in [0, 0.05) is 65.1 Å². The van der Waals surface area contributed by atoms with Crippen LogP contribution in [0.15, 0.2) is 36.9 Å². The normalized spacial score (nSPS) is 11.1. The van der Waals surface area contributed by atoms with Gasteiger partial charge in [0.05, 0.1) is 22.8 Å². The maximum Gasteiger partial charge on any atom is 0.291 e. The van der Waals surface area contributed by atoms with Crippen LogP contribution in [-0.2, 0) is 36.8 Å². The first-order valence-corrected chi connectivity index (χ1v) is 25.4. The molecule has 0 aliphatic carbocycles. The number of hydrogen-bond acceptors (Lipinski definition) is 16. The molecule has 0 radical (unpaired) electrons. The Bertz CT molecular complexity index is 2830. The summed E-state index contributed by atoms with van der Waals surface area (Å²) < 4.78 is 6.41. The number of rotatable bonds is 28. The summed E-state index contributed by atoms with van der Waals surface area (Å²) in [6, 6.07) is 3.12. The zero-order chi connectivity index (χ0) is 54.3. The smallest absolute Gasteiger partial charge is 0.291 e. The summed E-state index contributed by atoms with van der Waals surface area (Å²) >= 11 is 1.95. The van der Waals surface area contributed by atoms with E-state index in [0.717, 1.165) is 48.6 Å². The van der Waals surface area contributed by atoms with Crippen LogP contribution in [0.25, 0.3) is 0 Å². The molecule has 0 unspecified atom stereocenters. The predicted octanol–water partition coefficient (Wildman–Crippen LogP) is 3.67. The fraction of sp³-hybridized carbons (Fsp3) is 0.404. The van der Waals surface area contributed by atoms with Crippen molar-refractivity contribution in [2.45, 2.75) is 59.0 Å². The van der Waals surface area contributed by atoms with E-state index in [1.165, 1.54) is 12.4 Å². The molecule has 8 N–H and O–H groups in total. The molecule has 6 rings (SSSR count). The minimum absolute atomic E-state index is 0.0294. The van der Waals surface area contributed by atoms with Crippen LogP contribution in [0.5, 0.6) is 0 Å². The topological polar surface area (TPSA) is 311 Å². The van der Waals surface area contributed by atoms with E-state index < -0.39 is 23.6 Å². The fourth-order valence-corrected chi connectivity index (χ4v) is 9.29. The summed E-state index contributed by atoms with van der Waals surface area (Å²) in [7, 11) is 11.2. The molecule has 0 aliphatic rings. The highest BCUT2D eigenvalue weighted by atomic mass is 32.1. The Morgan fingerprint density at radius 3 is 1.31 bits per heavy atom. The van der Waals surface area contributed by atoms with Gasteiger partial charge >= 0.3 is 0 Å². The number of carbonyl (C=O) groups excluding carboxylic acids is 8. The minimum Gasteiger partial charge on any atom is -0.351 e. The summed E-state index contributed by atoms with van der Waals surface area (Å²) in [6.07, 6.45) is 10.3. The van der Waals surface area contributed by atoms with Gasteiger partial charge in [-0.3, -0.25) is 38.4 Å². The van der Waals surface area contributed by atoms with Crippen LogP contribution in [0.2, 0.25) is 0 Å². The van der Waals surface area contributed by atoms with Gasteiger partial charge in [-0.15, -0.1) is 0 Å². The highest BCUT2D eigenvalue weighted by Gasteiger charge is 2.24. The highest BCUT2D eigenvalue weighted by Crippen LogP contribution is 2.26. The number of thiazole rings is 2. The van der Waals surface area contributed by atoms with E-state index in [1.54, 1.807) is 70.7 Å². The Kier molecular flexibility index (Phi) is 19.7. The molecule has 6 aromatic heterocycles. The second kappa shape index (κ2) is 26.2. The zero-order valence-corrected chi connectivity index (χ0v) is 44.6. The lowest BCUT2D eigenvalue weighted by atomic mass is 10.2. The molecule has 0 saturated carbocycles. The fourth-order valence-electron chi connectivity index (χ4n) is 7.65. The third kappa shape index (κ3) is 15.5. The number of nitrogens with one attached hydrogen (secondary N) is 8. The third-order valence-electron chi connectivity index (χ3n) is 11.2. The van der Waals surface area contributed by atoms with Crippen LogP contribution in [0.1, 0.15) is 105 Å². The molecule has 0 aliphatic heterocycles. The van der Waals surface area contributed by atoms with E-state index >= 15 is 0 Å². The molecule has 8 amide bonds. The lowest BCUT2D eigenvalue weighted by Crippen LogP contribution is -2.28. The van der Waals surface area contributed by atoms with E-state index in [9.17, 15) is 38.4 Å². The van der Waals surface area contributed by atoms with Gasteiger partial charge < -0.3 is 70.6 Å². The van der Waals surface area contributed by atoms with Gasteiger partial charge in [-0.1, -0.05) is 22.7 Å². The number of nitrogens with zero attached hydrogens (tertiary/aromatic N) is 10. The van der Waals surface area contributed by atoms with Crippen molar-refractivity contribution in [1.82, 2.24) is 58.6 Å². The van der Waals surface area contributed by atoms with Crippen molar-refractivity contribution in [3.05, 3.63) is 81.1 Å². The summed E-state index contributed by atoms with van der Waals surface area (Å²) in [4.78, 5) is 125. The number of aromatic nitrogens is 8. The molecular weight excluding hydrogens is 1010 g/mol. The van der Waals surface area contributed by atoms with E-state index in [-0.39, 0.29) is 68.2 Å². The Hall–Kier alpha value is -8.08. The molecule has 6 aromatic rings. The lowest BCUT2D eigenvalue weighted by Gasteiger charge is -2.10. The van der Waals surface area contributed by atoms with Gasteiger partial charge in [0.1, 0.15) is 21.1 Å². The van der Waals surface area contributed by atoms with Crippen molar-refractivity contribution < 1.29 is 38.4 Å². The van der Waals surface area contributed by atoms with Gasteiger partial charge in [0.2, 0.25) is 24.5 Å². The van der Waals surface area contributed by atoms with Crippen LogP contribution >= 0.6 is 22.7 Å². The number of unbranched alkanes of at least 4 members (excludes halogenated alkanes) is 2. The summed E-state index contributed by atoms with van der Waals surface area (Å²) in [6.45, 7) is 6.32. The second-order valence-corrected chi connectivity index (χ2v) is 19.8. The van der Waals surface area contributed by atoms with E-state index in [1.807, 2.05) is 38.0 Å². The van der Waals surface area contributed by atoms with Crippen LogP contribution in [-0.4, -0.2) is 151 Å². The number of carbonyl (C=O) groups is 8. The molecule has 6 heterocycles.